The van der Waals surface area contributed by atoms with Gasteiger partial charge in [0.25, 0.3) is 5.69 Å². The standard InChI is InChI=1S/C29H20N2O2/c32-31(33)25-18-16-24(17-19-25)29-27(22-12-6-2-7-13-22)20-26(21-10-4-1-5-11-21)28(30-29)23-14-8-3-9-15-23/h1-20H. The van der Waals surface area contributed by atoms with E-state index in [1.807, 2.05) is 54.6 Å². The molecule has 5 rings (SSSR count). The van der Waals surface area contributed by atoms with Gasteiger partial charge in [-0.25, -0.2) is 4.98 Å². The molecule has 0 bridgehead atoms. The highest BCUT2D eigenvalue weighted by Gasteiger charge is 2.18. The van der Waals surface area contributed by atoms with Crippen molar-refractivity contribution >= 4 is 5.69 Å². The van der Waals surface area contributed by atoms with E-state index < -0.39 is 0 Å². The zero-order valence-electron chi connectivity index (χ0n) is 17.8. The van der Waals surface area contributed by atoms with Crippen molar-refractivity contribution in [3.8, 4) is 44.8 Å². The van der Waals surface area contributed by atoms with Gasteiger partial charge in [0.05, 0.1) is 16.3 Å². The van der Waals surface area contributed by atoms with Crippen LogP contribution in [0.5, 0.6) is 0 Å². The molecule has 0 unspecified atom stereocenters. The lowest BCUT2D eigenvalue weighted by atomic mass is 9.92. The van der Waals surface area contributed by atoms with Crippen LogP contribution in [0.25, 0.3) is 44.8 Å². The second-order valence-electron chi connectivity index (χ2n) is 7.68. The van der Waals surface area contributed by atoms with E-state index in [-0.39, 0.29) is 10.6 Å². The van der Waals surface area contributed by atoms with Crippen LogP contribution < -0.4 is 0 Å². The quantitative estimate of drug-likeness (QED) is 0.213. The van der Waals surface area contributed by atoms with Gasteiger partial charge in [0.1, 0.15) is 0 Å². The Morgan fingerprint density at radius 3 is 1.33 bits per heavy atom. The largest absolute Gasteiger partial charge is 0.269 e. The molecule has 0 aliphatic rings. The van der Waals surface area contributed by atoms with Gasteiger partial charge >= 0.3 is 0 Å². The summed E-state index contributed by atoms with van der Waals surface area (Å²) in [6.07, 6.45) is 0. The van der Waals surface area contributed by atoms with E-state index in [2.05, 4.69) is 42.5 Å². The van der Waals surface area contributed by atoms with Crippen LogP contribution in [0, 0.1) is 10.1 Å². The molecule has 0 saturated heterocycles. The summed E-state index contributed by atoms with van der Waals surface area (Å²) in [6, 6.07) is 39.2. The normalized spacial score (nSPS) is 10.7. The first-order valence-corrected chi connectivity index (χ1v) is 10.7. The first kappa shape index (κ1) is 20.3. The minimum absolute atomic E-state index is 0.0594. The number of aromatic nitrogens is 1. The highest BCUT2D eigenvalue weighted by Crippen LogP contribution is 2.39. The van der Waals surface area contributed by atoms with Gasteiger partial charge in [-0.3, -0.25) is 10.1 Å². The van der Waals surface area contributed by atoms with Gasteiger partial charge in [0.2, 0.25) is 0 Å². The Hall–Kier alpha value is -4.57. The van der Waals surface area contributed by atoms with Gasteiger partial charge in [0.15, 0.2) is 0 Å². The van der Waals surface area contributed by atoms with E-state index in [9.17, 15) is 10.1 Å². The summed E-state index contributed by atoms with van der Waals surface area (Å²) in [5.41, 5.74) is 7.68. The Labute approximate surface area is 192 Å². The average molecular weight is 428 g/mol. The third kappa shape index (κ3) is 4.14. The van der Waals surface area contributed by atoms with Crippen LogP contribution in [0.1, 0.15) is 0 Å². The Kier molecular flexibility index (Phi) is 5.48. The fourth-order valence-corrected chi connectivity index (χ4v) is 3.97. The molecule has 0 fully saturated rings. The number of pyridine rings is 1. The van der Waals surface area contributed by atoms with Crippen LogP contribution in [0.15, 0.2) is 121 Å². The Morgan fingerprint density at radius 2 is 0.909 bits per heavy atom. The second-order valence-corrected chi connectivity index (χ2v) is 7.68. The SMILES string of the molecule is O=[N+]([O-])c1ccc(-c2nc(-c3ccccc3)c(-c3ccccc3)cc2-c2ccccc2)cc1. The molecule has 0 atom stereocenters. The summed E-state index contributed by atoms with van der Waals surface area (Å²) in [5.74, 6) is 0. The maximum Gasteiger partial charge on any atom is 0.269 e. The van der Waals surface area contributed by atoms with Crippen molar-refractivity contribution in [3.63, 3.8) is 0 Å². The van der Waals surface area contributed by atoms with Crippen LogP contribution in [-0.4, -0.2) is 9.91 Å². The number of nitrogens with zero attached hydrogens (tertiary/aromatic N) is 2. The number of nitro benzene ring substituents is 1. The zero-order valence-corrected chi connectivity index (χ0v) is 17.8. The first-order valence-electron chi connectivity index (χ1n) is 10.7. The lowest BCUT2D eigenvalue weighted by molar-refractivity contribution is -0.384. The van der Waals surface area contributed by atoms with Gasteiger partial charge in [-0.1, -0.05) is 91.0 Å². The van der Waals surface area contributed by atoms with Gasteiger partial charge < -0.3 is 0 Å². The van der Waals surface area contributed by atoms with Gasteiger partial charge in [-0.05, 0) is 29.3 Å². The second kappa shape index (κ2) is 8.89. The van der Waals surface area contributed by atoms with Crippen molar-refractivity contribution in [1.82, 2.24) is 4.98 Å². The summed E-state index contributed by atoms with van der Waals surface area (Å²) in [6.45, 7) is 0. The average Bonchev–Trinajstić information content (AvgIpc) is 2.89. The fourth-order valence-electron chi connectivity index (χ4n) is 3.97. The Bertz CT molecular complexity index is 1400. The molecular formula is C29H20N2O2. The zero-order chi connectivity index (χ0) is 22.6. The third-order valence-electron chi connectivity index (χ3n) is 5.59. The van der Waals surface area contributed by atoms with Crippen molar-refractivity contribution in [3.05, 3.63) is 131 Å². The number of benzene rings is 4. The van der Waals surface area contributed by atoms with E-state index in [1.54, 1.807) is 12.1 Å². The van der Waals surface area contributed by atoms with Gasteiger partial charge in [0, 0.05) is 34.4 Å². The summed E-state index contributed by atoms with van der Waals surface area (Å²) in [5, 5.41) is 11.2. The highest BCUT2D eigenvalue weighted by molar-refractivity contribution is 5.91. The molecule has 0 amide bonds. The number of rotatable bonds is 5. The highest BCUT2D eigenvalue weighted by atomic mass is 16.6. The Morgan fingerprint density at radius 1 is 0.515 bits per heavy atom. The summed E-state index contributed by atoms with van der Waals surface area (Å²) < 4.78 is 0. The maximum atomic E-state index is 11.2. The molecule has 0 N–H and O–H groups in total. The molecule has 0 saturated carbocycles. The first-order chi connectivity index (χ1) is 16.2. The minimum Gasteiger partial charge on any atom is -0.258 e. The molecular weight excluding hydrogens is 408 g/mol. The lowest BCUT2D eigenvalue weighted by Gasteiger charge is -2.17. The molecule has 0 radical (unpaired) electrons. The molecule has 4 heteroatoms. The summed E-state index contributed by atoms with van der Waals surface area (Å²) in [4.78, 5) is 16.0. The monoisotopic (exact) mass is 428 g/mol. The smallest absolute Gasteiger partial charge is 0.258 e. The molecule has 0 spiro atoms. The van der Waals surface area contributed by atoms with E-state index in [4.69, 9.17) is 4.98 Å². The molecule has 5 aromatic rings. The van der Waals surface area contributed by atoms with E-state index in [0.29, 0.717) is 0 Å². The number of hydrogen-bond donors (Lipinski definition) is 0. The molecule has 0 aliphatic carbocycles. The summed E-state index contributed by atoms with van der Waals surface area (Å²) >= 11 is 0. The number of non-ortho nitro benzene ring substituents is 1. The topological polar surface area (TPSA) is 56.0 Å². The molecule has 1 heterocycles. The molecule has 4 aromatic carbocycles. The minimum atomic E-state index is -0.386. The number of nitro groups is 1. The summed E-state index contributed by atoms with van der Waals surface area (Å²) in [7, 11) is 0. The predicted molar refractivity (Wildman–Crippen MR) is 133 cm³/mol. The Balaban J connectivity index is 1.81. The van der Waals surface area contributed by atoms with E-state index in [0.717, 1.165) is 44.8 Å². The van der Waals surface area contributed by atoms with Gasteiger partial charge in [-0.15, -0.1) is 0 Å². The molecule has 4 nitrogen and oxygen atoms in total. The molecule has 33 heavy (non-hydrogen) atoms. The van der Waals surface area contributed by atoms with Crippen molar-refractivity contribution in [2.75, 3.05) is 0 Å². The van der Waals surface area contributed by atoms with Crippen molar-refractivity contribution in [2.24, 2.45) is 0 Å². The predicted octanol–water partition coefficient (Wildman–Crippen LogP) is 7.66. The van der Waals surface area contributed by atoms with Crippen LogP contribution in [0.4, 0.5) is 5.69 Å². The third-order valence-corrected chi connectivity index (χ3v) is 5.59. The van der Waals surface area contributed by atoms with E-state index in [1.165, 1.54) is 12.1 Å². The van der Waals surface area contributed by atoms with Crippen LogP contribution >= 0.6 is 0 Å². The van der Waals surface area contributed by atoms with Crippen molar-refractivity contribution in [1.29, 1.82) is 0 Å². The van der Waals surface area contributed by atoms with E-state index >= 15 is 0 Å². The van der Waals surface area contributed by atoms with Gasteiger partial charge in [-0.2, -0.15) is 0 Å². The number of hydrogen-bond acceptors (Lipinski definition) is 3. The molecule has 158 valence electrons. The molecule has 0 aliphatic heterocycles. The van der Waals surface area contributed by atoms with Crippen LogP contribution in [0.2, 0.25) is 0 Å². The van der Waals surface area contributed by atoms with Crippen molar-refractivity contribution in [2.45, 2.75) is 0 Å². The molecule has 1 aromatic heterocycles. The van der Waals surface area contributed by atoms with Crippen LogP contribution in [0.3, 0.4) is 0 Å². The van der Waals surface area contributed by atoms with Crippen LogP contribution in [-0.2, 0) is 0 Å². The fraction of sp³-hybridized carbons (Fsp3) is 0. The maximum absolute atomic E-state index is 11.2. The van der Waals surface area contributed by atoms with Crippen molar-refractivity contribution < 1.29 is 4.92 Å². The lowest BCUT2D eigenvalue weighted by Crippen LogP contribution is -1.97.